The Bertz CT molecular complexity index is 604. The fourth-order valence-electron chi connectivity index (χ4n) is 2.63. The average Bonchev–Trinajstić information content (AvgIpc) is 2.64. The summed E-state index contributed by atoms with van der Waals surface area (Å²) in [5.41, 5.74) is 0.937. The van der Waals surface area contributed by atoms with Gasteiger partial charge in [-0.3, -0.25) is 14.9 Å². The molecule has 0 radical (unpaired) electrons. The molecule has 7 nitrogen and oxygen atoms in total. The number of methoxy groups -OCH3 is 1. The van der Waals surface area contributed by atoms with Gasteiger partial charge in [-0.25, -0.2) is 4.79 Å². The lowest BCUT2D eigenvalue weighted by atomic mass is 10.0. The van der Waals surface area contributed by atoms with Crippen LogP contribution in [0.1, 0.15) is 32.8 Å². The Labute approximate surface area is 160 Å². The molecule has 0 aromatic heterocycles. The van der Waals surface area contributed by atoms with Crippen LogP contribution in [0.25, 0.3) is 0 Å². The topological polar surface area (TPSA) is 93.7 Å². The zero-order valence-electron chi connectivity index (χ0n) is 16.5. The number of hydrogen-bond donors (Lipinski definition) is 2. The molecule has 1 rings (SSSR count). The van der Waals surface area contributed by atoms with Gasteiger partial charge in [-0.05, 0) is 31.2 Å². The third-order valence-corrected chi connectivity index (χ3v) is 3.91. The predicted molar refractivity (Wildman–Crippen MR) is 102 cm³/mol. The Kier molecular flexibility index (Phi) is 10.1. The molecule has 0 bridgehead atoms. The third-order valence-electron chi connectivity index (χ3n) is 3.91. The van der Waals surface area contributed by atoms with E-state index in [1.807, 2.05) is 44.2 Å². The van der Waals surface area contributed by atoms with Crippen molar-refractivity contribution in [3.05, 3.63) is 35.9 Å². The highest BCUT2D eigenvalue weighted by molar-refractivity contribution is 5.88. The van der Waals surface area contributed by atoms with Crippen LogP contribution in [0.3, 0.4) is 0 Å². The molecule has 0 saturated carbocycles. The van der Waals surface area contributed by atoms with Gasteiger partial charge >= 0.3 is 11.9 Å². The maximum atomic E-state index is 12.8. The molecule has 0 fully saturated rings. The first-order valence-corrected chi connectivity index (χ1v) is 9.18. The Morgan fingerprint density at radius 1 is 1.07 bits per heavy atom. The molecule has 0 spiro atoms. The first kappa shape index (κ1) is 22.6. The van der Waals surface area contributed by atoms with Crippen molar-refractivity contribution >= 4 is 17.8 Å². The van der Waals surface area contributed by atoms with Crippen LogP contribution in [-0.4, -0.2) is 50.2 Å². The Morgan fingerprint density at radius 3 is 2.30 bits per heavy atom. The van der Waals surface area contributed by atoms with E-state index in [2.05, 4.69) is 10.6 Å². The minimum absolute atomic E-state index is 0.0914. The van der Waals surface area contributed by atoms with Crippen LogP contribution in [0.5, 0.6) is 0 Å². The van der Waals surface area contributed by atoms with Crippen LogP contribution >= 0.6 is 0 Å². The van der Waals surface area contributed by atoms with Crippen molar-refractivity contribution in [1.82, 2.24) is 10.6 Å². The molecule has 0 unspecified atom stereocenters. The van der Waals surface area contributed by atoms with E-state index in [9.17, 15) is 14.4 Å². The summed E-state index contributed by atoms with van der Waals surface area (Å²) in [6.45, 7) is 5.82. The average molecular weight is 378 g/mol. The maximum Gasteiger partial charge on any atom is 0.328 e. The van der Waals surface area contributed by atoms with E-state index in [1.54, 1.807) is 6.92 Å². The fourth-order valence-corrected chi connectivity index (χ4v) is 2.63. The number of carbonyl (C=O) groups is 3. The van der Waals surface area contributed by atoms with E-state index in [4.69, 9.17) is 9.47 Å². The standard InChI is InChI=1S/C20H30N2O5/c1-5-27-18(23)13-21-16(12-15-9-7-6-8-10-15)19(24)22-17(11-14(2)3)20(25)26-4/h6-10,14,16-17,21H,5,11-13H2,1-4H3,(H,22,24)/t16-,17+/m0/s1. The largest absolute Gasteiger partial charge is 0.467 e. The molecule has 0 aliphatic heterocycles. The molecule has 0 saturated heterocycles. The van der Waals surface area contributed by atoms with Crippen LogP contribution in [0.2, 0.25) is 0 Å². The van der Waals surface area contributed by atoms with Crippen molar-refractivity contribution < 1.29 is 23.9 Å². The third kappa shape index (κ3) is 8.68. The van der Waals surface area contributed by atoms with Crippen LogP contribution in [-0.2, 0) is 30.3 Å². The smallest absolute Gasteiger partial charge is 0.328 e. The van der Waals surface area contributed by atoms with Crippen molar-refractivity contribution in [3.63, 3.8) is 0 Å². The number of amides is 1. The highest BCUT2D eigenvalue weighted by atomic mass is 16.5. The van der Waals surface area contributed by atoms with E-state index < -0.39 is 24.0 Å². The fraction of sp³-hybridized carbons (Fsp3) is 0.550. The first-order valence-electron chi connectivity index (χ1n) is 9.18. The summed E-state index contributed by atoms with van der Waals surface area (Å²) in [5, 5.41) is 5.68. The van der Waals surface area contributed by atoms with Crippen molar-refractivity contribution in [2.45, 2.75) is 45.7 Å². The second kappa shape index (κ2) is 12.1. The molecule has 27 heavy (non-hydrogen) atoms. The lowest BCUT2D eigenvalue weighted by molar-refractivity contribution is -0.146. The molecule has 1 amide bonds. The lowest BCUT2D eigenvalue weighted by Crippen LogP contribution is -2.52. The lowest BCUT2D eigenvalue weighted by Gasteiger charge is -2.23. The van der Waals surface area contributed by atoms with Crippen molar-refractivity contribution in [3.8, 4) is 0 Å². The number of benzene rings is 1. The van der Waals surface area contributed by atoms with Crippen molar-refractivity contribution in [1.29, 1.82) is 0 Å². The zero-order chi connectivity index (χ0) is 20.2. The maximum absolute atomic E-state index is 12.8. The minimum Gasteiger partial charge on any atom is -0.467 e. The van der Waals surface area contributed by atoms with Gasteiger partial charge in [-0.15, -0.1) is 0 Å². The molecule has 0 aliphatic carbocycles. The highest BCUT2D eigenvalue weighted by Crippen LogP contribution is 2.08. The van der Waals surface area contributed by atoms with Gasteiger partial charge in [0.15, 0.2) is 0 Å². The second-order valence-corrected chi connectivity index (χ2v) is 6.64. The number of carbonyl (C=O) groups excluding carboxylic acids is 3. The molecule has 0 heterocycles. The molecule has 2 atom stereocenters. The van der Waals surface area contributed by atoms with Gasteiger partial charge in [0.1, 0.15) is 6.04 Å². The van der Waals surface area contributed by atoms with Crippen molar-refractivity contribution in [2.75, 3.05) is 20.3 Å². The normalized spacial score (nSPS) is 12.9. The summed E-state index contributed by atoms with van der Waals surface area (Å²) in [7, 11) is 1.29. The molecular formula is C20H30N2O5. The molecule has 150 valence electrons. The minimum atomic E-state index is -0.731. The number of hydrogen-bond acceptors (Lipinski definition) is 6. The van der Waals surface area contributed by atoms with E-state index in [0.717, 1.165) is 5.56 Å². The molecule has 0 aliphatic rings. The summed E-state index contributed by atoms with van der Waals surface area (Å²) >= 11 is 0. The van der Waals surface area contributed by atoms with Crippen LogP contribution in [0.4, 0.5) is 0 Å². The van der Waals surface area contributed by atoms with Crippen molar-refractivity contribution in [2.24, 2.45) is 5.92 Å². The monoisotopic (exact) mass is 378 g/mol. The number of nitrogens with one attached hydrogen (secondary N) is 2. The molecule has 1 aromatic carbocycles. The van der Waals surface area contributed by atoms with E-state index in [0.29, 0.717) is 12.8 Å². The molecule has 7 heteroatoms. The van der Waals surface area contributed by atoms with Gasteiger partial charge in [-0.2, -0.15) is 0 Å². The summed E-state index contributed by atoms with van der Waals surface area (Å²) in [4.78, 5) is 36.4. The summed E-state index contributed by atoms with van der Waals surface area (Å²) in [6, 6.07) is 8.04. The predicted octanol–water partition coefficient (Wildman–Crippen LogP) is 1.45. The molecule has 2 N–H and O–H groups in total. The number of esters is 2. The molecular weight excluding hydrogens is 348 g/mol. The summed E-state index contributed by atoms with van der Waals surface area (Å²) < 4.78 is 9.70. The van der Waals surface area contributed by atoms with Gasteiger partial charge in [0.2, 0.25) is 5.91 Å². The quantitative estimate of drug-likeness (QED) is 0.566. The van der Waals surface area contributed by atoms with Gasteiger partial charge in [0.25, 0.3) is 0 Å². The van der Waals surface area contributed by atoms with E-state index >= 15 is 0 Å². The second-order valence-electron chi connectivity index (χ2n) is 6.64. The van der Waals surface area contributed by atoms with Crippen LogP contribution in [0, 0.1) is 5.92 Å². The van der Waals surface area contributed by atoms with Gasteiger partial charge in [0, 0.05) is 0 Å². The summed E-state index contributed by atoms with van der Waals surface area (Å²) in [5.74, 6) is -1.08. The Morgan fingerprint density at radius 2 is 1.74 bits per heavy atom. The van der Waals surface area contributed by atoms with Gasteiger partial charge < -0.3 is 14.8 Å². The highest BCUT2D eigenvalue weighted by Gasteiger charge is 2.27. The molecule has 1 aromatic rings. The zero-order valence-corrected chi connectivity index (χ0v) is 16.5. The first-order chi connectivity index (χ1) is 12.9. The van der Waals surface area contributed by atoms with E-state index in [-0.39, 0.29) is 25.0 Å². The summed E-state index contributed by atoms with van der Waals surface area (Å²) in [6.07, 6.45) is 0.843. The Hall–Kier alpha value is -2.41. The van der Waals surface area contributed by atoms with Crippen LogP contribution < -0.4 is 10.6 Å². The number of rotatable bonds is 11. The van der Waals surface area contributed by atoms with E-state index in [1.165, 1.54) is 7.11 Å². The van der Waals surface area contributed by atoms with Gasteiger partial charge in [-0.1, -0.05) is 44.2 Å². The number of ether oxygens (including phenoxy) is 2. The SMILES string of the molecule is CCOC(=O)CN[C@@H](Cc1ccccc1)C(=O)N[C@H](CC(C)C)C(=O)OC. The van der Waals surface area contributed by atoms with Gasteiger partial charge in [0.05, 0.1) is 26.3 Å². The van der Waals surface area contributed by atoms with Crippen LogP contribution in [0.15, 0.2) is 30.3 Å². The Balaban J connectivity index is 2.85.